The van der Waals surface area contributed by atoms with Crippen LogP contribution in [0, 0.1) is 11.8 Å². The molecule has 0 saturated heterocycles. The summed E-state index contributed by atoms with van der Waals surface area (Å²) in [6.07, 6.45) is 36.7. The number of ether oxygens (including phenoxy) is 4. The average Bonchev–Trinajstić information content (AvgIpc) is 3.48. The van der Waals surface area contributed by atoms with Gasteiger partial charge in [-0.05, 0) is 74.0 Å². The number of anilines is 3. The number of benzene rings is 1. The molecule has 3 rings (SSSR count). The number of nitrogens with zero attached hydrogens (tertiary/aromatic N) is 3. The van der Waals surface area contributed by atoms with Crippen molar-refractivity contribution >= 4 is 58.6 Å². The minimum absolute atomic E-state index is 0.00221. The summed E-state index contributed by atoms with van der Waals surface area (Å²) in [5.41, 5.74) is 2.62. The van der Waals surface area contributed by atoms with Gasteiger partial charge in [0.25, 0.3) is 0 Å². The van der Waals surface area contributed by atoms with Crippen LogP contribution >= 0.6 is 11.6 Å². The van der Waals surface area contributed by atoms with Crippen molar-refractivity contribution in [2.45, 2.75) is 290 Å². The van der Waals surface area contributed by atoms with Gasteiger partial charge in [-0.2, -0.15) is 0 Å². The molecule has 0 bridgehead atoms. The van der Waals surface area contributed by atoms with Gasteiger partial charge >= 0.3 is 29.8 Å². The Labute approximate surface area is 488 Å². The van der Waals surface area contributed by atoms with Crippen LogP contribution in [-0.2, 0) is 42.9 Å². The van der Waals surface area contributed by atoms with Gasteiger partial charge in [0.15, 0.2) is 6.10 Å². The normalized spacial score (nSPS) is 15.1. The van der Waals surface area contributed by atoms with E-state index in [1.807, 2.05) is 25.1 Å². The van der Waals surface area contributed by atoms with E-state index < -0.39 is 18.0 Å². The number of unbranched alkanes of at least 4 members (excludes halogenated alkanes) is 24. The topological polar surface area (TPSA) is 184 Å². The monoisotopic (exact) mass is 1140 g/mol. The van der Waals surface area contributed by atoms with Crippen molar-refractivity contribution in [1.82, 2.24) is 9.97 Å². The van der Waals surface area contributed by atoms with Gasteiger partial charge in [-0.25, -0.2) is 9.97 Å². The Hall–Kier alpha value is -4.46. The molecule has 2 unspecified atom stereocenters. The van der Waals surface area contributed by atoms with Gasteiger partial charge in [0.05, 0.1) is 30.2 Å². The second kappa shape index (κ2) is 43.3. The molecule has 1 aromatic heterocycles. The Morgan fingerprint density at radius 3 is 1.54 bits per heavy atom. The standard InChI is InChI=1S/C65H107ClN4O10/c1-7-9-11-13-15-17-19-21-23-25-27-29-31-33-62(73)77-48-56(49-78-63(74)34-32-30-28-26-24-22-20-18-16-14-12-10-8-2)80-65(76)42-51(5)41-64(75)79-55-38-36-54(37-39-55)70(47-50(3)4)58-40-35-53(52(6)43-61(71)72)44-57(58)69-60-46-67-59(66)45-68-60/h35,40,44-46,50-52,54-56H,7-34,36-39,41-43,47-49H2,1-6H3,(H,68,69)(H,71,72)/t51?,52?,54-,55-. The minimum atomic E-state index is -0.963. The molecule has 15 heteroatoms. The number of carboxylic acids is 1. The van der Waals surface area contributed by atoms with Crippen molar-refractivity contribution in [3.05, 3.63) is 41.3 Å². The summed E-state index contributed by atoms with van der Waals surface area (Å²) < 4.78 is 23.0. The van der Waals surface area contributed by atoms with Gasteiger partial charge in [0.1, 0.15) is 30.3 Å². The van der Waals surface area contributed by atoms with E-state index in [-0.39, 0.29) is 92.4 Å². The smallest absolute Gasteiger partial charge is 0.306 e. The molecule has 2 N–H and O–H groups in total. The molecule has 0 spiro atoms. The number of aromatic nitrogens is 2. The number of hydrogen-bond acceptors (Lipinski definition) is 13. The summed E-state index contributed by atoms with van der Waals surface area (Å²) in [7, 11) is 0. The maximum atomic E-state index is 13.4. The molecule has 2 atom stereocenters. The lowest BCUT2D eigenvalue weighted by Crippen LogP contribution is -2.42. The number of carboxylic acid groups (broad SMARTS) is 1. The van der Waals surface area contributed by atoms with E-state index in [0.717, 1.165) is 74.8 Å². The zero-order valence-electron chi connectivity index (χ0n) is 50.6. The van der Waals surface area contributed by atoms with Crippen molar-refractivity contribution in [3.63, 3.8) is 0 Å². The van der Waals surface area contributed by atoms with E-state index >= 15 is 0 Å². The average molecular weight is 1140 g/mol. The van der Waals surface area contributed by atoms with E-state index in [2.05, 4.69) is 47.9 Å². The highest BCUT2D eigenvalue weighted by Gasteiger charge is 2.31. The lowest BCUT2D eigenvalue weighted by molar-refractivity contribution is -0.168. The van der Waals surface area contributed by atoms with Gasteiger partial charge in [-0.1, -0.05) is 213 Å². The molecule has 80 heavy (non-hydrogen) atoms. The molecule has 1 saturated carbocycles. The predicted molar refractivity (Wildman–Crippen MR) is 323 cm³/mol. The molecular formula is C65H107ClN4O10. The molecule has 1 fully saturated rings. The van der Waals surface area contributed by atoms with Crippen LogP contribution in [0.15, 0.2) is 30.6 Å². The lowest BCUT2D eigenvalue weighted by Gasteiger charge is -2.40. The number of aliphatic carboxylic acids is 1. The third-order valence-corrected chi connectivity index (χ3v) is 15.6. The van der Waals surface area contributed by atoms with Gasteiger partial charge in [-0.3, -0.25) is 24.0 Å². The van der Waals surface area contributed by atoms with Crippen LogP contribution in [0.5, 0.6) is 0 Å². The first-order valence-corrected chi connectivity index (χ1v) is 32.1. The van der Waals surface area contributed by atoms with Crippen LogP contribution in [0.2, 0.25) is 5.15 Å². The van der Waals surface area contributed by atoms with Crippen LogP contribution in [0.3, 0.4) is 0 Å². The number of halogens is 1. The van der Waals surface area contributed by atoms with E-state index in [0.29, 0.717) is 24.6 Å². The van der Waals surface area contributed by atoms with Gasteiger partial charge in [0, 0.05) is 38.3 Å². The van der Waals surface area contributed by atoms with Crippen LogP contribution in [-0.4, -0.2) is 82.9 Å². The number of carbonyl (C=O) groups excluding carboxylic acids is 4. The predicted octanol–water partition coefficient (Wildman–Crippen LogP) is 17.1. The number of hydrogen-bond donors (Lipinski definition) is 2. The summed E-state index contributed by atoms with van der Waals surface area (Å²) >= 11 is 6.04. The fourth-order valence-corrected chi connectivity index (χ4v) is 10.8. The number of carbonyl (C=O) groups is 5. The first kappa shape index (κ1) is 69.8. The summed E-state index contributed by atoms with van der Waals surface area (Å²) in [5, 5.41) is 13.2. The van der Waals surface area contributed by atoms with Gasteiger partial charge in [0.2, 0.25) is 0 Å². The molecule has 0 radical (unpaired) electrons. The zero-order chi connectivity index (χ0) is 58.2. The van der Waals surface area contributed by atoms with Gasteiger partial charge < -0.3 is 34.3 Å². The summed E-state index contributed by atoms with van der Waals surface area (Å²) in [4.78, 5) is 75.0. The third-order valence-electron chi connectivity index (χ3n) is 15.4. The minimum Gasteiger partial charge on any atom is -0.481 e. The maximum absolute atomic E-state index is 13.4. The fourth-order valence-electron chi connectivity index (χ4n) is 10.7. The van der Waals surface area contributed by atoms with Crippen molar-refractivity contribution in [2.75, 3.05) is 30.0 Å². The van der Waals surface area contributed by atoms with E-state index in [1.165, 1.54) is 135 Å². The largest absolute Gasteiger partial charge is 0.481 e. The SMILES string of the molecule is CCCCCCCCCCCCCCCC(=O)OCC(COC(=O)CCCCCCCCCCCCCCC)OC(=O)CC(C)CC(=O)O[C@H]1CC[C@H](N(CC(C)C)c2ccc(C(C)CC(=O)O)cc2Nc2cnc(Cl)cn2)CC1. The zero-order valence-corrected chi connectivity index (χ0v) is 51.3. The maximum Gasteiger partial charge on any atom is 0.306 e. The number of rotatable bonds is 47. The van der Waals surface area contributed by atoms with Gasteiger partial charge in [-0.15, -0.1) is 0 Å². The molecule has 2 aromatic rings. The second-order valence-corrected chi connectivity index (χ2v) is 24.0. The second-order valence-electron chi connectivity index (χ2n) is 23.6. The van der Waals surface area contributed by atoms with Crippen molar-refractivity contribution in [3.8, 4) is 0 Å². The summed E-state index contributed by atoms with van der Waals surface area (Å²) in [5.74, 6) is -2.31. The molecule has 1 aromatic carbocycles. The summed E-state index contributed by atoms with van der Waals surface area (Å²) in [6, 6.07) is 6.17. The Morgan fingerprint density at radius 1 is 0.613 bits per heavy atom. The molecule has 14 nitrogen and oxygen atoms in total. The third kappa shape index (κ3) is 32.8. The van der Waals surface area contributed by atoms with Crippen molar-refractivity contribution in [2.24, 2.45) is 11.8 Å². The molecule has 1 aliphatic rings. The Balaban J connectivity index is 1.49. The Morgan fingerprint density at radius 2 is 1.09 bits per heavy atom. The van der Waals surface area contributed by atoms with Crippen LogP contribution in [0.4, 0.5) is 17.2 Å². The van der Waals surface area contributed by atoms with Crippen LogP contribution in [0.1, 0.15) is 278 Å². The summed E-state index contributed by atoms with van der Waals surface area (Å²) in [6.45, 7) is 12.9. The highest BCUT2D eigenvalue weighted by atomic mass is 35.5. The highest BCUT2D eigenvalue weighted by molar-refractivity contribution is 6.29. The van der Waals surface area contributed by atoms with Crippen molar-refractivity contribution < 1.29 is 48.0 Å². The molecular weight excluding hydrogens is 1030 g/mol. The Bertz CT molecular complexity index is 1950. The fraction of sp³-hybridized carbons (Fsp3) is 0.769. The molecule has 1 aliphatic carbocycles. The highest BCUT2D eigenvalue weighted by Crippen LogP contribution is 2.38. The molecule has 0 aliphatic heterocycles. The molecule has 0 amide bonds. The first-order chi connectivity index (χ1) is 38.7. The lowest BCUT2D eigenvalue weighted by atomic mass is 9.90. The Kier molecular flexibility index (Phi) is 37.7. The van der Waals surface area contributed by atoms with Crippen LogP contribution < -0.4 is 10.2 Å². The first-order valence-electron chi connectivity index (χ1n) is 31.7. The van der Waals surface area contributed by atoms with E-state index in [9.17, 15) is 29.1 Å². The molecule has 1 heterocycles. The van der Waals surface area contributed by atoms with Crippen LogP contribution in [0.25, 0.3) is 0 Å². The quantitative estimate of drug-likeness (QED) is 0.0362. The number of esters is 4. The molecule has 454 valence electrons. The van der Waals surface area contributed by atoms with Crippen molar-refractivity contribution in [1.29, 1.82) is 0 Å². The number of nitrogens with one attached hydrogen (secondary N) is 1. The van der Waals surface area contributed by atoms with E-state index in [1.54, 1.807) is 13.1 Å². The van der Waals surface area contributed by atoms with E-state index in [4.69, 9.17) is 30.5 Å².